The molecule has 8 heteroatoms. The van der Waals surface area contributed by atoms with Crippen molar-refractivity contribution in [3.63, 3.8) is 0 Å². The quantitative estimate of drug-likeness (QED) is 0.233. The molecule has 0 aromatic carbocycles. The molecule has 0 amide bonds. The molecule has 0 aromatic heterocycles. The van der Waals surface area contributed by atoms with Gasteiger partial charge in [0, 0.05) is 32.6 Å². The first-order valence-electron chi connectivity index (χ1n) is 12.7. The molecule has 0 aliphatic heterocycles. The molecule has 0 unspecified atom stereocenters. The Morgan fingerprint density at radius 3 is 2.34 bits per heavy atom. The predicted octanol–water partition coefficient (Wildman–Crippen LogP) is 4.53. The monoisotopic (exact) mass is 508 g/mol. The van der Waals surface area contributed by atoms with E-state index in [0.717, 1.165) is 32.1 Å². The second kappa shape index (κ2) is 9.20. The van der Waals surface area contributed by atoms with Crippen LogP contribution in [0.2, 0.25) is 0 Å². The van der Waals surface area contributed by atoms with E-state index in [-0.39, 0.29) is 23.4 Å². The van der Waals surface area contributed by atoms with E-state index in [1.54, 1.807) is 0 Å². The molecule has 194 valence electrons. The highest BCUT2D eigenvalue weighted by molar-refractivity contribution is 6.24. The van der Waals surface area contributed by atoms with Crippen LogP contribution in [0.1, 0.15) is 79.6 Å². The van der Waals surface area contributed by atoms with E-state index < -0.39 is 40.7 Å². The van der Waals surface area contributed by atoms with E-state index in [1.165, 1.54) is 26.3 Å². The molecule has 3 saturated carbocycles. The first-order chi connectivity index (χ1) is 16.3. The van der Waals surface area contributed by atoms with Gasteiger partial charge in [0.05, 0.1) is 5.38 Å². The van der Waals surface area contributed by atoms with Gasteiger partial charge >= 0.3 is 17.9 Å². The molecule has 0 heterocycles. The van der Waals surface area contributed by atoms with Gasteiger partial charge in [-0.1, -0.05) is 25.5 Å². The Kier molecular flexibility index (Phi) is 6.88. The standard InChI is InChI=1S/C27H37ClO7/c1-15(29)33-14-24(32)27(35-17(3)31)23(28)13-22-20-7-6-18-12-19(34-16(2)30)8-10-25(18,4)21(20)9-11-26(22,27)5/h6,19-23H,7-14H2,1-5H3/t19-,20+,21-,22-,23-,25-,26-,27-/m0/s1. The molecule has 4 aliphatic rings. The van der Waals surface area contributed by atoms with Crippen LogP contribution in [0.25, 0.3) is 0 Å². The molecule has 3 fully saturated rings. The van der Waals surface area contributed by atoms with Crippen LogP contribution < -0.4 is 0 Å². The van der Waals surface area contributed by atoms with Crippen molar-refractivity contribution in [3.8, 4) is 0 Å². The van der Waals surface area contributed by atoms with Crippen molar-refractivity contribution >= 4 is 35.3 Å². The number of hydrogen-bond acceptors (Lipinski definition) is 7. The maximum atomic E-state index is 13.6. The van der Waals surface area contributed by atoms with Crippen LogP contribution in [0, 0.1) is 28.6 Å². The van der Waals surface area contributed by atoms with Gasteiger partial charge in [-0.15, -0.1) is 11.6 Å². The third-order valence-corrected chi connectivity index (χ3v) is 10.1. The fraction of sp³-hybridized carbons (Fsp3) is 0.778. The summed E-state index contributed by atoms with van der Waals surface area (Å²) in [5, 5.41) is -0.693. The second-order valence-corrected chi connectivity index (χ2v) is 12.0. The lowest BCUT2D eigenvalue weighted by molar-refractivity contribution is -0.190. The molecular formula is C27H37ClO7. The number of ether oxygens (including phenoxy) is 3. The van der Waals surface area contributed by atoms with Crippen LogP contribution in [-0.2, 0) is 33.4 Å². The predicted molar refractivity (Wildman–Crippen MR) is 128 cm³/mol. The molecule has 0 aromatic rings. The number of fused-ring (bicyclic) bond motifs is 5. The number of carbonyl (C=O) groups is 4. The number of halogens is 1. The number of esters is 3. The van der Waals surface area contributed by atoms with Crippen molar-refractivity contribution < 1.29 is 33.4 Å². The van der Waals surface area contributed by atoms with Gasteiger partial charge in [0.2, 0.25) is 5.78 Å². The van der Waals surface area contributed by atoms with E-state index in [9.17, 15) is 19.2 Å². The number of hydrogen-bond donors (Lipinski definition) is 0. The SMILES string of the molecule is CC(=O)OCC(=O)[C@@]1(OC(C)=O)[C@@H](Cl)C[C@H]2[C@@H]3CC=C4C[C@@H](OC(C)=O)CC[C@]4(C)[C@H]3CC[C@@]21C. The molecule has 0 N–H and O–H groups in total. The summed E-state index contributed by atoms with van der Waals surface area (Å²) in [4.78, 5) is 48.7. The van der Waals surface area contributed by atoms with E-state index in [4.69, 9.17) is 25.8 Å². The molecule has 4 aliphatic carbocycles. The zero-order valence-electron chi connectivity index (χ0n) is 21.4. The molecule has 7 nitrogen and oxygen atoms in total. The fourth-order valence-corrected chi connectivity index (χ4v) is 8.76. The number of ketones is 1. The average Bonchev–Trinajstić information content (AvgIpc) is 2.99. The highest BCUT2D eigenvalue weighted by Crippen LogP contribution is 2.68. The van der Waals surface area contributed by atoms with Gasteiger partial charge in [-0.3, -0.25) is 19.2 Å². The van der Waals surface area contributed by atoms with Gasteiger partial charge in [-0.25, -0.2) is 0 Å². The van der Waals surface area contributed by atoms with Gasteiger partial charge in [0.15, 0.2) is 12.2 Å². The Labute approximate surface area is 212 Å². The smallest absolute Gasteiger partial charge is 0.303 e. The van der Waals surface area contributed by atoms with Crippen LogP contribution in [0.4, 0.5) is 0 Å². The number of rotatable bonds is 5. The maximum absolute atomic E-state index is 13.6. The molecule has 8 atom stereocenters. The minimum atomic E-state index is -1.52. The van der Waals surface area contributed by atoms with Crippen molar-refractivity contribution in [2.24, 2.45) is 28.6 Å². The van der Waals surface area contributed by atoms with Crippen LogP contribution in [-0.4, -0.2) is 47.4 Å². The van der Waals surface area contributed by atoms with E-state index in [0.29, 0.717) is 24.7 Å². The Balaban J connectivity index is 1.66. The van der Waals surface area contributed by atoms with Crippen molar-refractivity contribution in [3.05, 3.63) is 11.6 Å². The second-order valence-electron chi connectivity index (χ2n) is 11.4. The number of carbonyl (C=O) groups excluding carboxylic acids is 4. The summed E-state index contributed by atoms with van der Waals surface area (Å²) in [5.41, 5.74) is -0.793. The maximum Gasteiger partial charge on any atom is 0.303 e. The number of Topliss-reactive ketones (excluding diaryl/α,β-unsaturated/α-hetero) is 1. The fourth-order valence-electron chi connectivity index (χ4n) is 8.16. The Morgan fingerprint density at radius 1 is 1.00 bits per heavy atom. The molecule has 0 bridgehead atoms. The number of allylic oxidation sites excluding steroid dienone is 1. The summed E-state index contributed by atoms with van der Waals surface area (Å²) in [6.45, 7) is 7.91. The Morgan fingerprint density at radius 2 is 1.71 bits per heavy atom. The zero-order chi connectivity index (χ0) is 25.8. The first kappa shape index (κ1) is 26.2. The zero-order valence-corrected chi connectivity index (χ0v) is 22.1. The van der Waals surface area contributed by atoms with Crippen LogP contribution in [0.5, 0.6) is 0 Å². The van der Waals surface area contributed by atoms with Gasteiger partial charge in [0.1, 0.15) is 6.10 Å². The molecule has 4 rings (SSSR count). The summed E-state index contributed by atoms with van der Waals surface area (Å²) >= 11 is 6.92. The van der Waals surface area contributed by atoms with Gasteiger partial charge in [-0.05, 0) is 61.7 Å². The summed E-state index contributed by atoms with van der Waals surface area (Å²) in [6.07, 6.45) is 7.83. The lowest BCUT2D eigenvalue weighted by Gasteiger charge is -2.59. The van der Waals surface area contributed by atoms with Crippen LogP contribution in [0.15, 0.2) is 11.6 Å². The van der Waals surface area contributed by atoms with E-state index in [1.807, 2.05) is 6.92 Å². The van der Waals surface area contributed by atoms with Crippen molar-refractivity contribution in [2.45, 2.75) is 96.6 Å². The highest BCUT2D eigenvalue weighted by Gasteiger charge is 2.72. The minimum Gasteiger partial charge on any atom is -0.462 e. The summed E-state index contributed by atoms with van der Waals surface area (Å²) in [5.74, 6) is -0.991. The van der Waals surface area contributed by atoms with Crippen LogP contribution in [0.3, 0.4) is 0 Å². The molecule has 0 saturated heterocycles. The molecule has 0 spiro atoms. The van der Waals surface area contributed by atoms with Gasteiger partial charge in [0.25, 0.3) is 0 Å². The number of alkyl halides is 1. The lowest BCUT2D eigenvalue weighted by atomic mass is 9.46. The summed E-state index contributed by atoms with van der Waals surface area (Å²) < 4.78 is 16.4. The minimum absolute atomic E-state index is 0.0110. The molecule has 0 radical (unpaired) electrons. The highest BCUT2D eigenvalue weighted by atomic mass is 35.5. The van der Waals surface area contributed by atoms with Crippen molar-refractivity contribution in [1.82, 2.24) is 0 Å². The average molecular weight is 509 g/mol. The lowest BCUT2D eigenvalue weighted by Crippen LogP contribution is -2.62. The topological polar surface area (TPSA) is 96.0 Å². The summed E-state index contributed by atoms with van der Waals surface area (Å²) in [6, 6.07) is 0. The third kappa shape index (κ3) is 4.11. The largest absolute Gasteiger partial charge is 0.462 e. The first-order valence-corrected chi connectivity index (χ1v) is 13.2. The third-order valence-electron chi connectivity index (χ3n) is 9.66. The summed E-state index contributed by atoms with van der Waals surface area (Å²) in [7, 11) is 0. The molecule has 35 heavy (non-hydrogen) atoms. The van der Waals surface area contributed by atoms with Crippen molar-refractivity contribution in [2.75, 3.05) is 6.61 Å². The Hall–Kier alpha value is -1.89. The van der Waals surface area contributed by atoms with Gasteiger partial charge < -0.3 is 14.2 Å². The normalized spacial score (nSPS) is 42.0. The van der Waals surface area contributed by atoms with Crippen LogP contribution >= 0.6 is 11.6 Å². The van der Waals surface area contributed by atoms with Gasteiger partial charge in [-0.2, -0.15) is 0 Å². The Bertz CT molecular complexity index is 959. The van der Waals surface area contributed by atoms with E-state index in [2.05, 4.69) is 13.0 Å². The van der Waals surface area contributed by atoms with E-state index >= 15 is 0 Å². The van der Waals surface area contributed by atoms with Crippen molar-refractivity contribution in [1.29, 1.82) is 0 Å². The molecular weight excluding hydrogens is 472 g/mol.